The van der Waals surface area contributed by atoms with E-state index < -0.39 is 0 Å². The van der Waals surface area contributed by atoms with E-state index in [1.54, 1.807) is 6.07 Å². The topological polar surface area (TPSA) is 50.5 Å². The van der Waals surface area contributed by atoms with Gasteiger partial charge in [-0.2, -0.15) is 5.26 Å². The van der Waals surface area contributed by atoms with Crippen molar-refractivity contribution in [2.75, 3.05) is 33.2 Å². The summed E-state index contributed by atoms with van der Waals surface area (Å²) in [6.07, 6.45) is 1.94. The summed E-state index contributed by atoms with van der Waals surface area (Å²) in [5, 5.41) is 18.4. The minimum Gasteiger partial charge on any atom is -0.392 e. The van der Waals surface area contributed by atoms with Crippen LogP contribution in [-0.2, 0) is 6.54 Å². The summed E-state index contributed by atoms with van der Waals surface area (Å²) < 4.78 is 13.9. The average molecular weight is 319 g/mol. The van der Waals surface area contributed by atoms with Gasteiger partial charge in [0.2, 0.25) is 0 Å². The SMILES string of the molecule is C[C@@H](O)CN1CCC(CN(C)Cc2cc(C#N)ccc2F)CC1. The lowest BCUT2D eigenvalue weighted by molar-refractivity contribution is 0.0918. The number of nitriles is 1. The van der Waals surface area contributed by atoms with E-state index in [0.717, 1.165) is 39.0 Å². The summed E-state index contributed by atoms with van der Waals surface area (Å²) >= 11 is 0. The molecule has 0 spiro atoms. The Morgan fingerprint density at radius 1 is 1.43 bits per heavy atom. The first-order chi connectivity index (χ1) is 11.0. The molecule has 1 N–H and O–H groups in total. The molecule has 1 heterocycles. The second-order valence-corrected chi connectivity index (χ2v) is 6.71. The summed E-state index contributed by atoms with van der Waals surface area (Å²) in [7, 11) is 2.00. The van der Waals surface area contributed by atoms with Crippen LogP contribution < -0.4 is 0 Å². The van der Waals surface area contributed by atoms with Gasteiger partial charge in [-0.15, -0.1) is 0 Å². The van der Waals surface area contributed by atoms with Crippen LogP contribution in [0.2, 0.25) is 0 Å². The van der Waals surface area contributed by atoms with Gasteiger partial charge < -0.3 is 14.9 Å². The Balaban J connectivity index is 1.82. The first-order valence-corrected chi connectivity index (χ1v) is 8.25. The lowest BCUT2D eigenvalue weighted by atomic mass is 9.96. The lowest BCUT2D eigenvalue weighted by Crippen LogP contribution is -2.40. The fourth-order valence-corrected chi connectivity index (χ4v) is 3.29. The number of halogens is 1. The van der Waals surface area contributed by atoms with Gasteiger partial charge in [0.25, 0.3) is 0 Å². The van der Waals surface area contributed by atoms with E-state index in [-0.39, 0.29) is 11.9 Å². The van der Waals surface area contributed by atoms with Crippen molar-refractivity contribution < 1.29 is 9.50 Å². The fraction of sp³-hybridized carbons (Fsp3) is 0.611. The van der Waals surface area contributed by atoms with E-state index in [0.29, 0.717) is 23.6 Å². The number of β-amino-alcohol motifs (C(OH)–C–C–N with tert-alkyl or cyclic N) is 1. The van der Waals surface area contributed by atoms with Crippen molar-refractivity contribution in [2.24, 2.45) is 5.92 Å². The van der Waals surface area contributed by atoms with Gasteiger partial charge in [-0.25, -0.2) is 4.39 Å². The molecule has 0 bridgehead atoms. The summed E-state index contributed by atoms with van der Waals surface area (Å²) in [5.74, 6) is 0.357. The summed E-state index contributed by atoms with van der Waals surface area (Å²) in [4.78, 5) is 4.44. The number of aliphatic hydroxyl groups is 1. The third kappa shape index (κ3) is 5.58. The van der Waals surface area contributed by atoms with Crippen molar-refractivity contribution in [3.05, 3.63) is 35.1 Å². The smallest absolute Gasteiger partial charge is 0.127 e. The van der Waals surface area contributed by atoms with Crippen molar-refractivity contribution >= 4 is 0 Å². The van der Waals surface area contributed by atoms with Crippen LogP contribution in [0.25, 0.3) is 0 Å². The number of aliphatic hydroxyl groups excluding tert-OH is 1. The zero-order chi connectivity index (χ0) is 16.8. The van der Waals surface area contributed by atoms with E-state index in [9.17, 15) is 9.50 Å². The van der Waals surface area contributed by atoms with Crippen LogP contribution in [0.3, 0.4) is 0 Å². The van der Waals surface area contributed by atoms with E-state index >= 15 is 0 Å². The number of likely N-dealkylation sites (tertiary alicyclic amines) is 1. The largest absolute Gasteiger partial charge is 0.392 e. The van der Waals surface area contributed by atoms with Crippen LogP contribution in [0.1, 0.15) is 30.9 Å². The van der Waals surface area contributed by atoms with Crippen molar-refractivity contribution in [1.29, 1.82) is 5.26 Å². The van der Waals surface area contributed by atoms with Crippen LogP contribution in [0.15, 0.2) is 18.2 Å². The highest BCUT2D eigenvalue weighted by Crippen LogP contribution is 2.20. The van der Waals surface area contributed by atoms with Crippen molar-refractivity contribution in [3.63, 3.8) is 0 Å². The van der Waals surface area contributed by atoms with Crippen LogP contribution in [0, 0.1) is 23.1 Å². The van der Waals surface area contributed by atoms with Gasteiger partial charge in [-0.1, -0.05) is 0 Å². The third-order valence-corrected chi connectivity index (χ3v) is 4.41. The van der Waals surface area contributed by atoms with Gasteiger partial charge in [0.15, 0.2) is 0 Å². The molecule has 1 aliphatic heterocycles. The van der Waals surface area contributed by atoms with Crippen molar-refractivity contribution in [2.45, 2.75) is 32.4 Å². The molecule has 23 heavy (non-hydrogen) atoms. The number of nitrogens with zero attached hydrogens (tertiary/aromatic N) is 3. The molecule has 1 saturated heterocycles. The van der Waals surface area contributed by atoms with Gasteiger partial charge in [0.1, 0.15) is 5.82 Å². The first kappa shape index (κ1) is 17.9. The Labute approximate surface area is 138 Å². The van der Waals surface area contributed by atoms with Crippen LogP contribution in [0.4, 0.5) is 4.39 Å². The maximum atomic E-state index is 13.9. The zero-order valence-electron chi connectivity index (χ0n) is 14.0. The Hall–Kier alpha value is -1.48. The molecule has 4 nitrogen and oxygen atoms in total. The molecule has 1 aliphatic rings. The second-order valence-electron chi connectivity index (χ2n) is 6.71. The molecule has 0 radical (unpaired) electrons. The highest BCUT2D eigenvalue weighted by molar-refractivity contribution is 5.33. The molecular weight excluding hydrogens is 293 g/mol. The Bertz CT molecular complexity index is 548. The van der Waals surface area contributed by atoms with Gasteiger partial charge >= 0.3 is 0 Å². The second kappa shape index (κ2) is 8.39. The molecule has 1 atom stereocenters. The molecule has 0 unspecified atom stereocenters. The fourth-order valence-electron chi connectivity index (χ4n) is 3.29. The maximum Gasteiger partial charge on any atom is 0.127 e. The van der Waals surface area contributed by atoms with E-state index in [4.69, 9.17) is 5.26 Å². The predicted molar refractivity (Wildman–Crippen MR) is 88.3 cm³/mol. The van der Waals surface area contributed by atoms with Gasteiger partial charge in [-0.3, -0.25) is 0 Å². The molecular formula is C18H26FN3O. The molecule has 1 aromatic carbocycles. The Kier molecular flexibility index (Phi) is 6.52. The van der Waals surface area contributed by atoms with Crippen LogP contribution in [-0.4, -0.2) is 54.2 Å². The molecule has 0 saturated carbocycles. The van der Waals surface area contributed by atoms with E-state index in [1.165, 1.54) is 12.1 Å². The quantitative estimate of drug-likeness (QED) is 0.873. The molecule has 0 aliphatic carbocycles. The van der Waals surface area contributed by atoms with Gasteiger partial charge in [-0.05, 0) is 64.0 Å². The van der Waals surface area contributed by atoms with E-state index in [1.807, 2.05) is 14.0 Å². The van der Waals surface area contributed by atoms with Crippen molar-refractivity contribution in [1.82, 2.24) is 9.80 Å². The zero-order valence-corrected chi connectivity index (χ0v) is 14.0. The molecule has 0 aromatic heterocycles. The number of benzene rings is 1. The molecule has 2 rings (SSSR count). The number of piperidine rings is 1. The Morgan fingerprint density at radius 3 is 2.74 bits per heavy atom. The normalized spacial score (nSPS) is 18.1. The van der Waals surface area contributed by atoms with E-state index in [2.05, 4.69) is 15.9 Å². The monoisotopic (exact) mass is 319 g/mol. The number of hydrogen-bond donors (Lipinski definition) is 1. The molecule has 1 aromatic rings. The summed E-state index contributed by atoms with van der Waals surface area (Å²) in [5.41, 5.74) is 1.08. The molecule has 5 heteroatoms. The minimum absolute atomic E-state index is 0.248. The average Bonchev–Trinajstić information content (AvgIpc) is 2.51. The van der Waals surface area contributed by atoms with Crippen molar-refractivity contribution in [3.8, 4) is 6.07 Å². The third-order valence-electron chi connectivity index (χ3n) is 4.41. The van der Waals surface area contributed by atoms with Crippen LogP contribution >= 0.6 is 0 Å². The molecule has 126 valence electrons. The minimum atomic E-state index is -0.274. The van der Waals surface area contributed by atoms with Gasteiger partial charge in [0, 0.05) is 25.2 Å². The molecule has 1 fully saturated rings. The summed E-state index contributed by atoms with van der Waals surface area (Å²) in [6, 6.07) is 6.58. The van der Waals surface area contributed by atoms with Gasteiger partial charge in [0.05, 0.1) is 17.7 Å². The Morgan fingerprint density at radius 2 is 2.13 bits per heavy atom. The highest BCUT2D eigenvalue weighted by atomic mass is 19.1. The number of rotatable bonds is 6. The highest BCUT2D eigenvalue weighted by Gasteiger charge is 2.21. The summed E-state index contributed by atoms with van der Waals surface area (Å²) in [6.45, 7) is 6.05. The first-order valence-electron chi connectivity index (χ1n) is 8.25. The maximum absolute atomic E-state index is 13.9. The predicted octanol–water partition coefficient (Wildman–Crippen LogP) is 2.22. The number of hydrogen-bond acceptors (Lipinski definition) is 4. The standard InChI is InChI=1S/C18H26FN3O/c1-14(23)11-22-7-5-15(6-8-22)12-21(2)13-17-9-16(10-20)3-4-18(17)19/h3-4,9,14-15,23H,5-8,11-13H2,1-2H3/t14-/m1/s1. The molecule has 0 amide bonds. The lowest BCUT2D eigenvalue weighted by Gasteiger charge is -2.34. The van der Waals surface area contributed by atoms with Crippen LogP contribution in [0.5, 0.6) is 0 Å².